The van der Waals surface area contributed by atoms with Crippen molar-refractivity contribution in [3.63, 3.8) is 0 Å². The van der Waals surface area contributed by atoms with Gasteiger partial charge in [0, 0.05) is 74.4 Å². The van der Waals surface area contributed by atoms with Crippen molar-refractivity contribution in [3.8, 4) is 0 Å². The van der Waals surface area contributed by atoms with E-state index in [1.807, 2.05) is 112 Å². The molecule has 0 saturated heterocycles. The maximum absolute atomic E-state index is 4.58. The zero-order valence-corrected chi connectivity index (χ0v) is 22.0. The van der Waals surface area contributed by atoms with Crippen LogP contribution in [0.5, 0.6) is 0 Å². The van der Waals surface area contributed by atoms with Gasteiger partial charge in [0.15, 0.2) is 11.3 Å². The van der Waals surface area contributed by atoms with Crippen LogP contribution in [-0.2, 0) is 11.3 Å². The van der Waals surface area contributed by atoms with Crippen molar-refractivity contribution in [2.75, 3.05) is 0 Å². The van der Waals surface area contributed by atoms with Gasteiger partial charge in [-0.15, -0.1) is 0 Å². The minimum Gasteiger partial charge on any atom is -0.332 e. The molecule has 0 amide bonds. The van der Waals surface area contributed by atoms with Gasteiger partial charge in [-0.2, -0.15) is 0 Å². The average molecular weight is 525 g/mol. The summed E-state index contributed by atoms with van der Waals surface area (Å²) < 4.78 is 13.2. The summed E-state index contributed by atoms with van der Waals surface area (Å²) in [7, 11) is 0. The van der Waals surface area contributed by atoms with Gasteiger partial charge in [0.25, 0.3) is 0 Å². The molecular weight excluding hydrogens is 492 g/mol. The Kier molecular flexibility index (Phi) is 6.43. The summed E-state index contributed by atoms with van der Waals surface area (Å²) in [6, 6.07) is -0.311. The summed E-state index contributed by atoms with van der Waals surface area (Å²) in [5.74, 6) is 0. The van der Waals surface area contributed by atoms with Crippen LogP contribution in [0.15, 0.2) is 112 Å². The topological polar surface area (TPSA) is 107 Å². The van der Waals surface area contributed by atoms with Crippen molar-refractivity contribution in [2.45, 2.75) is 56.5 Å². The van der Waals surface area contributed by atoms with Gasteiger partial charge in [-0.1, -0.05) is 20.3 Å². The van der Waals surface area contributed by atoms with Crippen LogP contribution >= 0.6 is 0 Å². The summed E-state index contributed by atoms with van der Waals surface area (Å²) in [6.07, 6.45) is 36.9. The summed E-state index contributed by atoms with van der Waals surface area (Å²) in [6.45, 7) is 4.41. The van der Waals surface area contributed by atoms with Gasteiger partial charge in [-0.25, -0.2) is 29.9 Å². The van der Waals surface area contributed by atoms with Crippen LogP contribution in [0.1, 0.15) is 45.2 Å². The maximum atomic E-state index is 4.58. The average Bonchev–Trinajstić information content (AvgIpc) is 3.83. The van der Waals surface area contributed by atoms with E-state index >= 15 is 0 Å². The molecule has 12 heteroatoms. The number of nitrogens with zero attached hydrogens (tertiary/aromatic N) is 12. The number of aromatic nitrogens is 12. The minimum atomic E-state index is -0.928. The zero-order chi connectivity index (χ0) is 26.7. The van der Waals surface area contributed by atoms with Crippen molar-refractivity contribution >= 4 is 0 Å². The minimum absolute atomic E-state index is 0.0465. The van der Waals surface area contributed by atoms with E-state index in [-0.39, 0.29) is 12.1 Å². The third-order valence-electron chi connectivity index (χ3n) is 7.80. The Morgan fingerprint density at radius 1 is 0.538 bits per heavy atom. The number of hydrogen-bond acceptors (Lipinski definition) is 6. The Labute approximate surface area is 226 Å². The first kappa shape index (κ1) is 24.6. The highest BCUT2D eigenvalue weighted by atomic mass is 15.5. The van der Waals surface area contributed by atoms with Crippen molar-refractivity contribution in [2.24, 2.45) is 0 Å². The second kappa shape index (κ2) is 10.2. The number of hydrogen-bond donors (Lipinski definition) is 0. The van der Waals surface area contributed by atoms with Crippen molar-refractivity contribution < 1.29 is 0 Å². The summed E-state index contributed by atoms with van der Waals surface area (Å²) in [5.41, 5.74) is -1.73. The Balaban J connectivity index is 1.83. The van der Waals surface area contributed by atoms with Gasteiger partial charge < -0.3 is 27.4 Å². The van der Waals surface area contributed by atoms with Crippen LogP contribution in [0.3, 0.4) is 0 Å². The van der Waals surface area contributed by atoms with Gasteiger partial charge in [0.05, 0.1) is 44.0 Å². The number of imidazole rings is 6. The second-order valence-corrected chi connectivity index (χ2v) is 9.61. The van der Waals surface area contributed by atoms with Gasteiger partial charge in [-0.05, 0) is 12.8 Å². The van der Waals surface area contributed by atoms with E-state index in [0.717, 1.165) is 19.3 Å². The first-order valence-electron chi connectivity index (χ1n) is 13.2. The SMILES string of the molecule is CCCC(n1ccnc1)(n1ccnc1)C(C(C(CC)n1ccnc1)n1ccnc1)(n1ccnc1)n1ccnc1. The summed E-state index contributed by atoms with van der Waals surface area (Å²) in [4.78, 5) is 27.2. The zero-order valence-electron chi connectivity index (χ0n) is 22.0. The molecule has 0 aliphatic heterocycles. The van der Waals surface area contributed by atoms with E-state index in [0.29, 0.717) is 0 Å². The van der Waals surface area contributed by atoms with Crippen LogP contribution in [0.25, 0.3) is 0 Å². The van der Waals surface area contributed by atoms with E-state index in [9.17, 15) is 0 Å². The molecule has 0 radical (unpaired) electrons. The van der Waals surface area contributed by atoms with E-state index < -0.39 is 11.3 Å². The molecule has 0 fully saturated rings. The summed E-state index contributed by atoms with van der Waals surface area (Å²) >= 11 is 0. The van der Waals surface area contributed by atoms with Crippen LogP contribution in [-0.4, -0.2) is 57.3 Å². The molecule has 0 aliphatic rings. The molecule has 0 aromatic carbocycles. The van der Waals surface area contributed by atoms with Crippen LogP contribution in [0.2, 0.25) is 0 Å². The van der Waals surface area contributed by atoms with E-state index in [4.69, 9.17) is 0 Å². The molecule has 39 heavy (non-hydrogen) atoms. The highest BCUT2D eigenvalue weighted by Gasteiger charge is 2.63. The maximum Gasteiger partial charge on any atom is 0.189 e. The molecule has 2 unspecified atom stereocenters. The lowest BCUT2D eigenvalue weighted by atomic mass is 9.76. The molecule has 6 aromatic rings. The first-order chi connectivity index (χ1) is 19.3. The fraction of sp³-hybridized carbons (Fsp3) is 0.333. The molecule has 0 N–H and O–H groups in total. The third-order valence-corrected chi connectivity index (χ3v) is 7.80. The Morgan fingerprint density at radius 2 is 0.974 bits per heavy atom. The van der Waals surface area contributed by atoms with Crippen molar-refractivity contribution in [1.29, 1.82) is 0 Å². The molecule has 6 rings (SSSR count). The van der Waals surface area contributed by atoms with Crippen molar-refractivity contribution in [1.82, 2.24) is 57.3 Å². The standard InChI is InChI=1S/C27H32N12/c1-3-5-26(36-14-8-30-20-36,37-15-9-31-21-37)27(38-16-10-32-22-38,39-17-11-33-23-39)25(35-13-7-29-19-35)24(4-2)34-12-6-28-18-34/h6-25H,3-5H2,1-2H3. The van der Waals surface area contributed by atoms with Crippen LogP contribution in [0, 0.1) is 0 Å². The van der Waals surface area contributed by atoms with E-state index in [2.05, 4.69) is 71.2 Å². The van der Waals surface area contributed by atoms with Crippen LogP contribution in [0.4, 0.5) is 0 Å². The fourth-order valence-corrected chi connectivity index (χ4v) is 6.44. The lowest BCUT2D eigenvalue weighted by Crippen LogP contribution is -2.68. The Morgan fingerprint density at radius 3 is 1.36 bits per heavy atom. The highest BCUT2D eigenvalue weighted by Crippen LogP contribution is 2.53. The van der Waals surface area contributed by atoms with Gasteiger partial charge in [0.2, 0.25) is 0 Å². The molecule has 0 saturated carbocycles. The van der Waals surface area contributed by atoms with E-state index in [1.165, 1.54) is 0 Å². The second-order valence-electron chi connectivity index (χ2n) is 9.61. The molecule has 0 spiro atoms. The third kappa shape index (κ3) is 3.66. The lowest BCUT2D eigenvalue weighted by molar-refractivity contribution is -0.0692. The van der Waals surface area contributed by atoms with Crippen LogP contribution < -0.4 is 0 Å². The van der Waals surface area contributed by atoms with Gasteiger partial charge in [0.1, 0.15) is 6.04 Å². The first-order valence-corrected chi connectivity index (χ1v) is 13.2. The normalized spacial score (nSPS) is 14.0. The molecule has 0 aliphatic carbocycles. The lowest BCUT2D eigenvalue weighted by Gasteiger charge is -2.57. The summed E-state index contributed by atoms with van der Waals surface area (Å²) in [5, 5.41) is 0. The quantitative estimate of drug-likeness (QED) is 0.242. The number of rotatable bonds is 12. The van der Waals surface area contributed by atoms with Crippen molar-refractivity contribution in [3.05, 3.63) is 112 Å². The molecule has 0 bridgehead atoms. The molecule has 2 atom stereocenters. The predicted molar refractivity (Wildman–Crippen MR) is 143 cm³/mol. The monoisotopic (exact) mass is 524 g/mol. The molecule has 6 heterocycles. The largest absolute Gasteiger partial charge is 0.332 e. The fourth-order valence-electron chi connectivity index (χ4n) is 6.44. The highest BCUT2D eigenvalue weighted by molar-refractivity contribution is 5.18. The molecule has 200 valence electrons. The Hall–Kier alpha value is -4.74. The smallest absolute Gasteiger partial charge is 0.189 e. The van der Waals surface area contributed by atoms with E-state index in [1.54, 1.807) is 0 Å². The predicted octanol–water partition coefficient (Wildman–Crippen LogP) is 3.66. The molecule has 6 aromatic heterocycles. The molecule has 12 nitrogen and oxygen atoms in total. The Bertz CT molecular complexity index is 1430. The molecular formula is C27H32N12. The van der Waals surface area contributed by atoms with Gasteiger partial charge in [-0.3, -0.25) is 0 Å². The van der Waals surface area contributed by atoms with Gasteiger partial charge >= 0.3 is 0 Å².